The van der Waals surface area contributed by atoms with Gasteiger partial charge in [0.2, 0.25) is 0 Å². The van der Waals surface area contributed by atoms with Crippen molar-refractivity contribution in [3.63, 3.8) is 0 Å². The molecule has 2 fully saturated rings. The van der Waals surface area contributed by atoms with Gasteiger partial charge in [0.05, 0.1) is 0 Å². The number of piperidine rings is 1. The Bertz CT molecular complexity index is 286. The Labute approximate surface area is 111 Å². The zero-order valence-electron chi connectivity index (χ0n) is 11.7. The van der Waals surface area contributed by atoms with Gasteiger partial charge in [0.1, 0.15) is 5.54 Å². The molecule has 2 aliphatic rings. The topological polar surface area (TPSA) is 40.5 Å². The molecule has 1 saturated carbocycles. The maximum absolute atomic E-state index is 11.5. The molecule has 1 saturated heterocycles. The molecule has 3 heteroatoms. The first kappa shape index (κ1) is 13.9. The minimum absolute atomic E-state index is 0.604. The third kappa shape index (κ3) is 3.05. The molecule has 0 spiro atoms. The van der Waals surface area contributed by atoms with E-state index in [1.165, 1.54) is 38.5 Å². The maximum atomic E-state index is 11.5. The molecule has 0 radical (unpaired) electrons. The summed E-state index contributed by atoms with van der Waals surface area (Å²) in [6.45, 7) is 3.86. The molecule has 2 rings (SSSR count). The zero-order valence-corrected chi connectivity index (χ0v) is 11.7. The number of carbonyl (C=O) groups is 1. The van der Waals surface area contributed by atoms with Crippen LogP contribution in [-0.2, 0) is 4.79 Å². The van der Waals surface area contributed by atoms with E-state index in [9.17, 15) is 9.90 Å². The van der Waals surface area contributed by atoms with Gasteiger partial charge in [0.25, 0.3) is 0 Å². The van der Waals surface area contributed by atoms with Gasteiger partial charge in [-0.1, -0.05) is 32.1 Å². The van der Waals surface area contributed by atoms with Gasteiger partial charge in [0.15, 0.2) is 0 Å². The number of hydrogen-bond donors (Lipinski definition) is 1. The van der Waals surface area contributed by atoms with E-state index in [1.54, 1.807) is 0 Å². The molecule has 104 valence electrons. The molecule has 0 aromatic heterocycles. The number of carboxylic acids is 1. The van der Waals surface area contributed by atoms with Crippen LogP contribution in [0.4, 0.5) is 0 Å². The fourth-order valence-electron chi connectivity index (χ4n) is 3.59. The molecule has 3 nitrogen and oxygen atoms in total. The minimum atomic E-state index is -0.633. The maximum Gasteiger partial charge on any atom is 0.323 e. The van der Waals surface area contributed by atoms with Gasteiger partial charge in [-0.2, -0.15) is 0 Å². The van der Waals surface area contributed by atoms with Crippen LogP contribution in [0, 0.1) is 5.92 Å². The second-order valence-corrected chi connectivity index (χ2v) is 6.32. The standard InChI is InChI=1S/C15H27NO2/c1-15(14(17)18)10-5-6-11-16(15)12-9-13-7-3-2-4-8-13/h13H,2-12H2,1H3,(H,17,18). The highest BCUT2D eigenvalue weighted by Gasteiger charge is 2.41. The predicted molar refractivity (Wildman–Crippen MR) is 72.7 cm³/mol. The van der Waals surface area contributed by atoms with Crippen LogP contribution >= 0.6 is 0 Å². The van der Waals surface area contributed by atoms with Crippen molar-refractivity contribution in [2.75, 3.05) is 13.1 Å². The Kier molecular flexibility index (Phi) is 4.66. The van der Waals surface area contributed by atoms with Crippen LogP contribution in [0.2, 0.25) is 0 Å². The van der Waals surface area contributed by atoms with Gasteiger partial charge in [-0.05, 0) is 51.6 Å². The van der Waals surface area contributed by atoms with Crippen molar-refractivity contribution < 1.29 is 9.90 Å². The van der Waals surface area contributed by atoms with Crippen molar-refractivity contribution in [2.24, 2.45) is 5.92 Å². The van der Waals surface area contributed by atoms with E-state index in [0.717, 1.165) is 38.3 Å². The monoisotopic (exact) mass is 253 g/mol. The van der Waals surface area contributed by atoms with Gasteiger partial charge in [-0.3, -0.25) is 9.69 Å². The molecule has 0 amide bonds. The average Bonchev–Trinajstić information content (AvgIpc) is 2.39. The third-order valence-electron chi connectivity index (χ3n) is 5.03. The van der Waals surface area contributed by atoms with Crippen molar-refractivity contribution in [2.45, 2.75) is 70.3 Å². The molecule has 0 bridgehead atoms. The van der Waals surface area contributed by atoms with E-state index >= 15 is 0 Å². The number of carboxylic acid groups (broad SMARTS) is 1. The summed E-state index contributed by atoms with van der Waals surface area (Å²) in [5.74, 6) is 0.213. The molecular formula is C15H27NO2. The fourth-order valence-corrected chi connectivity index (χ4v) is 3.59. The molecule has 18 heavy (non-hydrogen) atoms. The molecule has 1 heterocycles. The lowest BCUT2D eigenvalue weighted by molar-refractivity contribution is -0.153. The van der Waals surface area contributed by atoms with Crippen molar-refractivity contribution in [1.82, 2.24) is 4.90 Å². The fraction of sp³-hybridized carbons (Fsp3) is 0.933. The van der Waals surface area contributed by atoms with Crippen LogP contribution in [0.15, 0.2) is 0 Å². The summed E-state index contributed by atoms with van der Waals surface area (Å²) in [6, 6.07) is 0. The van der Waals surface area contributed by atoms with Crippen LogP contribution in [0.3, 0.4) is 0 Å². The van der Waals surface area contributed by atoms with E-state index in [1.807, 2.05) is 6.92 Å². The summed E-state index contributed by atoms with van der Waals surface area (Å²) in [5, 5.41) is 9.46. The lowest BCUT2D eigenvalue weighted by Gasteiger charge is -2.42. The van der Waals surface area contributed by atoms with Gasteiger partial charge >= 0.3 is 5.97 Å². The highest BCUT2D eigenvalue weighted by atomic mass is 16.4. The first-order valence-corrected chi connectivity index (χ1v) is 7.61. The van der Waals surface area contributed by atoms with Gasteiger partial charge in [-0.25, -0.2) is 0 Å². The van der Waals surface area contributed by atoms with Crippen molar-refractivity contribution in [1.29, 1.82) is 0 Å². The molecule has 1 atom stereocenters. The van der Waals surface area contributed by atoms with Crippen molar-refractivity contribution in [3.05, 3.63) is 0 Å². The number of likely N-dealkylation sites (tertiary alicyclic amines) is 1. The minimum Gasteiger partial charge on any atom is -0.480 e. The lowest BCUT2D eigenvalue weighted by atomic mass is 9.84. The van der Waals surface area contributed by atoms with Gasteiger partial charge < -0.3 is 5.11 Å². The van der Waals surface area contributed by atoms with Crippen LogP contribution < -0.4 is 0 Å². The van der Waals surface area contributed by atoms with Gasteiger partial charge in [-0.15, -0.1) is 0 Å². The van der Waals surface area contributed by atoms with E-state index in [4.69, 9.17) is 0 Å². The zero-order chi connectivity index (χ0) is 13.0. The smallest absolute Gasteiger partial charge is 0.323 e. The number of rotatable bonds is 4. The SMILES string of the molecule is CC1(C(=O)O)CCCCN1CCC1CCCCC1. The molecule has 1 aliphatic carbocycles. The third-order valence-corrected chi connectivity index (χ3v) is 5.03. The van der Waals surface area contributed by atoms with Crippen LogP contribution in [0.25, 0.3) is 0 Å². The van der Waals surface area contributed by atoms with Crippen LogP contribution in [0.5, 0.6) is 0 Å². The van der Waals surface area contributed by atoms with E-state index in [2.05, 4.69) is 4.90 Å². The summed E-state index contributed by atoms with van der Waals surface area (Å²) in [4.78, 5) is 13.7. The summed E-state index contributed by atoms with van der Waals surface area (Å²) in [7, 11) is 0. The molecule has 1 unspecified atom stereocenters. The predicted octanol–water partition coefficient (Wildman–Crippen LogP) is 3.29. The average molecular weight is 253 g/mol. The van der Waals surface area contributed by atoms with E-state index in [-0.39, 0.29) is 0 Å². The van der Waals surface area contributed by atoms with Crippen molar-refractivity contribution in [3.8, 4) is 0 Å². The summed E-state index contributed by atoms with van der Waals surface area (Å²) < 4.78 is 0. The van der Waals surface area contributed by atoms with Gasteiger partial charge in [0, 0.05) is 0 Å². The van der Waals surface area contributed by atoms with Crippen molar-refractivity contribution >= 4 is 5.97 Å². The first-order valence-electron chi connectivity index (χ1n) is 7.61. The Morgan fingerprint density at radius 2 is 1.94 bits per heavy atom. The molecule has 1 N–H and O–H groups in total. The lowest BCUT2D eigenvalue weighted by Crippen LogP contribution is -2.55. The molecule has 1 aliphatic heterocycles. The second-order valence-electron chi connectivity index (χ2n) is 6.32. The Morgan fingerprint density at radius 3 is 2.61 bits per heavy atom. The van der Waals surface area contributed by atoms with E-state index < -0.39 is 11.5 Å². The Hall–Kier alpha value is -0.570. The molecule has 0 aromatic carbocycles. The molecular weight excluding hydrogens is 226 g/mol. The number of aliphatic carboxylic acids is 1. The first-order chi connectivity index (χ1) is 8.63. The number of hydrogen-bond acceptors (Lipinski definition) is 2. The van der Waals surface area contributed by atoms with Crippen LogP contribution in [0.1, 0.15) is 64.7 Å². The summed E-state index contributed by atoms with van der Waals surface area (Å²) >= 11 is 0. The van der Waals surface area contributed by atoms with Crippen LogP contribution in [-0.4, -0.2) is 34.6 Å². The Balaban J connectivity index is 1.87. The number of nitrogens with zero attached hydrogens (tertiary/aromatic N) is 1. The summed E-state index contributed by atoms with van der Waals surface area (Å²) in [5.41, 5.74) is -0.604. The Morgan fingerprint density at radius 1 is 1.22 bits per heavy atom. The largest absolute Gasteiger partial charge is 0.480 e. The summed E-state index contributed by atoms with van der Waals surface area (Å²) in [6.07, 6.45) is 11.1. The highest BCUT2D eigenvalue weighted by Crippen LogP contribution is 2.31. The highest BCUT2D eigenvalue weighted by molar-refractivity contribution is 5.78. The second kappa shape index (κ2) is 6.05. The van der Waals surface area contributed by atoms with E-state index in [0.29, 0.717) is 0 Å². The molecule has 0 aromatic rings. The normalized spacial score (nSPS) is 31.4. The quantitative estimate of drug-likeness (QED) is 0.836.